The quantitative estimate of drug-likeness (QED) is 0.224. The standard InChI is InChI=1S/C36H50O3.C3H8/c1-9-12-28(30(10-2)34(38)16-24(7)37)18-27-19-33-31(23(5)6)21-32(25(8)36(33)35(39)20-27)29-14-11-13-26(17-29)15-22(3)4;1-3-2/h11,13-14,17,21-23,27-28,30H,9-10,12,15-16,18-20H2,1-8H3;3H2,1-2H3. The van der Waals surface area contributed by atoms with Crippen LogP contribution in [0.2, 0.25) is 0 Å². The van der Waals surface area contributed by atoms with E-state index in [4.69, 9.17) is 0 Å². The SMILES string of the molecule is CCC.CCCC(CC1CC(=O)c2c(C)c(-c3cccc(CC(C)C)c3)cc(C(C)C)c2C1)C(CC)C(=O)CC(C)=O. The van der Waals surface area contributed by atoms with Crippen molar-refractivity contribution in [1.29, 1.82) is 0 Å². The molecule has 1 aliphatic carbocycles. The van der Waals surface area contributed by atoms with Crippen LogP contribution >= 0.6 is 0 Å². The second-order valence-corrected chi connectivity index (χ2v) is 13.5. The first kappa shape index (κ1) is 35.6. The zero-order valence-electron chi connectivity index (χ0n) is 28.4. The van der Waals surface area contributed by atoms with Crippen molar-refractivity contribution >= 4 is 17.3 Å². The third-order valence-corrected chi connectivity index (χ3v) is 8.62. The lowest BCUT2D eigenvalue weighted by Crippen LogP contribution is -2.30. The van der Waals surface area contributed by atoms with Crippen molar-refractivity contribution in [3.63, 3.8) is 0 Å². The van der Waals surface area contributed by atoms with Crippen molar-refractivity contribution in [3.8, 4) is 11.1 Å². The third kappa shape index (κ3) is 9.48. The second kappa shape index (κ2) is 16.9. The molecule has 3 rings (SSSR count). The van der Waals surface area contributed by atoms with Gasteiger partial charge in [0.1, 0.15) is 11.6 Å². The molecule has 0 saturated carbocycles. The first-order valence-corrected chi connectivity index (χ1v) is 16.7. The predicted octanol–water partition coefficient (Wildman–Crippen LogP) is 10.5. The minimum Gasteiger partial charge on any atom is -0.300 e. The van der Waals surface area contributed by atoms with E-state index in [1.807, 2.05) is 0 Å². The molecule has 2 aromatic carbocycles. The van der Waals surface area contributed by atoms with Gasteiger partial charge in [-0.2, -0.15) is 0 Å². The zero-order chi connectivity index (χ0) is 31.6. The number of carbonyl (C=O) groups is 3. The van der Waals surface area contributed by atoms with Crippen LogP contribution in [0.4, 0.5) is 0 Å². The van der Waals surface area contributed by atoms with E-state index < -0.39 is 0 Å². The minimum atomic E-state index is -0.0999. The van der Waals surface area contributed by atoms with Crippen molar-refractivity contribution in [2.45, 2.75) is 133 Å². The molecule has 3 atom stereocenters. The smallest absolute Gasteiger partial charge is 0.163 e. The summed E-state index contributed by atoms with van der Waals surface area (Å²) in [4.78, 5) is 38.5. The minimum absolute atomic E-state index is 0.0307. The van der Waals surface area contributed by atoms with E-state index in [2.05, 4.69) is 92.6 Å². The average Bonchev–Trinajstić information content (AvgIpc) is 2.89. The molecule has 2 aromatic rings. The van der Waals surface area contributed by atoms with Crippen LogP contribution in [-0.4, -0.2) is 17.3 Å². The molecule has 0 aromatic heterocycles. The van der Waals surface area contributed by atoms with Crippen molar-refractivity contribution in [2.24, 2.45) is 23.7 Å². The monoisotopic (exact) mass is 574 g/mol. The van der Waals surface area contributed by atoms with Gasteiger partial charge in [0.15, 0.2) is 5.78 Å². The van der Waals surface area contributed by atoms with Crippen LogP contribution in [0, 0.1) is 30.6 Å². The van der Waals surface area contributed by atoms with Gasteiger partial charge < -0.3 is 0 Å². The summed E-state index contributed by atoms with van der Waals surface area (Å²) in [6.07, 6.45) is 7.34. The summed E-state index contributed by atoms with van der Waals surface area (Å²) in [7, 11) is 0. The van der Waals surface area contributed by atoms with E-state index in [0.717, 1.165) is 49.7 Å². The molecule has 3 unspecified atom stereocenters. The Hall–Kier alpha value is -2.55. The number of carbonyl (C=O) groups excluding carboxylic acids is 3. The Morgan fingerprint density at radius 2 is 1.64 bits per heavy atom. The molecule has 232 valence electrons. The molecule has 0 aliphatic heterocycles. The summed E-state index contributed by atoms with van der Waals surface area (Å²) in [6, 6.07) is 11.2. The van der Waals surface area contributed by atoms with Crippen LogP contribution in [0.5, 0.6) is 0 Å². The first-order chi connectivity index (χ1) is 19.9. The van der Waals surface area contributed by atoms with E-state index >= 15 is 0 Å². The summed E-state index contributed by atoms with van der Waals surface area (Å²) in [5, 5.41) is 0. The van der Waals surface area contributed by atoms with Gasteiger partial charge in [-0.1, -0.05) is 105 Å². The molecule has 3 heteroatoms. The fourth-order valence-electron chi connectivity index (χ4n) is 6.98. The lowest BCUT2D eigenvalue weighted by atomic mass is 9.70. The number of Topliss-reactive ketones (excluding diaryl/α,β-unsaturated/α-hetero) is 3. The van der Waals surface area contributed by atoms with Crippen LogP contribution in [0.1, 0.15) is 146 Å². The molecule has 0 heterocycles. The summed E-state index contributed by atoms with van der Waals surface area (Å²) in [6.45, 7) is 21.0. The lowest BCUT2D eigenvalue weighted by Gasteiger charge is -2.33. The van der Waals surface area contributed by atoms with Gasteiger partial charge >= 0.3 is 0 Å². The van der Waals surface area contributed by atoms with Crippen molar-refractivity contribution in [2.75, 3.05) is 0 Å². The number of fused-ring (bicyclic) bond motifs is 1. The van der Waals surface area contributed by atoms with Gasteiger partial charge in [0, 0.05) is 17.9 Å². The molecule has 0 radical (unpaired) electrons. The second-order valence-electron chi connectivity index (χ2n) is 13.5. The van der Waals surface area contributed by atoms with Gasteiger partial charge in [-0.3, -0.25) is 14.4 Å². The van der Waals surface area contributed by atoms with E-state index in [1.165, 1.54) is 41.2 Å². The summed E-state index contributed by atoms with van der Waals surface area (Å²) < 4.78 is 0. The molecule has 0 saturated heterocycles. The molecule has 0 spiro atoms. The molecule has 0 amide bonds. The summed E-state index contributed by atoms with van der Waals surface area (Å²) in [5.74, 6) is 1.53. The molecule has 0 bridgehead atoms. The molecule has 42 heavy (non-hydrogen) atoms. The average molecular weight is 575 g/mol. The highest BCUT2D eigenvalue weighted by atomic mass is 16.1. The lowest BCUT2D eigenvalue weighted by molar-refractivity contribution is -0.129. The first-order valence-electron chi connectivity index (χ1n) is 16.7. The highest BCUT2D eigenvalue weighted by Gasteiger charge is 2.34. The largest absolute Gasteiger partial charge is 0.300 e. The van der Waals surface area contributed by atoms with Crippen LogP contribution < -0.4 is 0 Å². The molecular formula is C39H58O3. The predicted molar refractivity (Wildman–Crippen MR) is 178 cm³/mol. The summed E-state index contributed by atoms with van der Waals surface area (Å²) in [5.41, 5.74) is 8.27. The number of rotatable bonds is 13. The fraction of sp³-hybridized carbons (Fsp3) is 0.615. The highest BCUT2D eigenvalue weighted by Crippen LogP contribution is 2.42. The number of benzene rings is 2. The van der Waals surface area contributed by atoms with Crippen LogP contribution in [0.3, 0.4) is 0 Å². The Labute approximate surface area is 257 Å². The van der Waals surface area contributed by atoms with Gasteiger partial charge in [0.2, 0.25) is 0 Å². The molecule has 1 aliphatic rings. The zero-order valence-corrected chi connectivity index (χ0v) is 28.4. The molecule has 3 nitrogen and oxygen atoms in total. The van der Waals surface area contributed by atoms with Crippen LogP contribution in [0.25, 0.3) is 11.1 Å². The Kier molecular flexibility index (Phi) is 14.4. The molecule has 0 N–H and O–H groups in total. The van der Waals surface area contributed by atoms with Gasteiger partial charge in [0.25, 0.3) is 0 Å². The Morgan fingerprint density at radius 3 is 2.19 bits per heavy atom. The maximum Gasteiger partial charge on any atom is 0.163 e. The Balaban J connectivity index is 0.00000197. The Bertz CT molecular complexity index is 1200. The van der Waals surface area contributed by atoms with Crippen LogP contribution in [-0.2, 0) is 22.4 Å². The Morgan fingerprint density at radius 1 is 0.976 bits per heavy atom. The van der Waals surface area contributed by atoms with Crippen LogP contribution in [0.15, 0.2) is 30.3 Å². The van der Waals surface area contributed by atoms with Gasteiger partial charge in [0.05, 0.1) is 6.42 Å². The van der Waals surface area contributed by atoms with Gasteiger partial charge in [-0.15, -0.1) is 0 Å². The molecule has 0 fully saturated rings. The van der Waals surface area contributed by atoms with E-state index in [0.29, 0.717) is 18.3 Å². The van der Waals surface area contributed by atoms with Gasteiger partial charge in [-0.25, -0.2) is 0 Å². The highest BCUT2D eigenvalue weighted by molar-refractivity contribution is 6.02. The number of ketones is 3. The fourth-order valence-corrected chi connectivity index (χ4v) is 6.98. The van der Waals surface area contributed by atoms with Crippen molar-refractivity contribution in [3.05, 3.63) is 58.1 Å². The normalized spacial score (nSPS) is 16.1. The van der Waals surface area contributed by atoms with E-state index in [-0.39, 0.29) is 41.5 Å². The number of hydrogen-bond donors (Lipinski definition) is 0. The topological polar surface area (TPSA) is 51.2 Å². The summed E-state index contributed by atoms with van der Waals surface area (Å²) >= 11 is 0. The number of hydrogen-bond acceptors (Lipinski definition) is 3. The van der Waals surface area contributed by atoms with E-state index in [9.17, 15) is 14.4 Å². The maximum absolute atomic E-state index is 13.8. The maximum atomic E-state index is 13.8. The van der Waals surface area contributed by atoms with Crippen molar-refractivity contribution < 1.29 is 14.4 Å². The third-order valence-electron chi connectivity index (χ3n) is 8.62. The van der Waals surface area contributed by atoms with Gasteiger partial charge in [-0.05, 0) is 96.6 Å². The van der Waals surface area contributed by atoms with E-state index in [1.54, 1.807) is 0 Å². The molecular weight excluding hydrogens is 516 g/mol. The van der Waals surface area contributed by atoms with Crippen molar-refractivity contribution in [1.82, 2.24) is 0 Å².